The summed E-state index contributed by atoms with van der Waals surface area (Å²) in [7, 11) is 0. The monoisotopic (exact) mass is 444 g/mol. The number of aromatic nitrogens is 3. The van der Waals surface area contributed by atoms with Crippen LogP contribution in [0.5, 0.6) is 0 Å². The quantitative estimate of drug-likeness (QED) is 0.614. The molecule has 2 aliphatic carbocycles. The summed E-state index contributed by atoms with van der Waals surface area (Å²) in [4.78, 5) is 17.1. The zero-order valence-electron chi connectivity index (χ0n) is 18.1. The van der Waals surface area contributed by atoms with Gasteiger partial charge in [0.2, 0.25) is 0 Å². The van der Waals surface area contributed by atoms with Crippen LogP contribution in [0.25, 0.3) is 0 Å². The van der Waals surface area contributed by atoms with Crippen molar-refractivity contribution in [1.82, 2.24) is 15.0 Å². The summed E-state index contributed by atoms with van der Waals surface area (Å²) in [6, 6.07) is 10.9. The molecule has 6 nitrogen and oxygen atoms in total. The van der Waals surface area contributed by atoms with Crippen LogP contribution in [0.4, 0.5) is 17.5 Å². The number of hydrogen-bond acceptors (Lipinski definition) is 7. The van der Waals surface area contributed by atoms with E-state index in [0.717, 1.165) is 34.4 Å². The van der Waals surface area contributed by atoms with Crippen molar-refractivity contribution in [1.29, 1.82) is 0 Å². The van der Waals surface area contributed by atoms with Gasteiger partial charge in [0.25, 0.3) is 0 Å². The molecule has 0 bridgehead atoms. The third-order valence-electron chi connectivity index (χ3n) is 7.32. The minimum atomic E-state index is 0.412. The van der Waals surface area contributed by atoms with Gasteiger partial charge in [-0.15, -0.1) is 0 Å². The Morgan fingerprint density at radius 1 is 0.938 bits per heavy atom. The first-order valence-corrected chi connectivity index (χ1v) is 12.3. The van der Waals surface area contributed by atoms with Gasteiger partial charge in [-0.3, -0.25) is 0 Å². The summed E-state index contributed by atoms with van der Waals surface area (Å²) in [6.45, 7) is 2.00. The van der Waals surface area contributed by atoms with E-state index in [1.165, 1.54) is 49.7 Å². The SMILES string of the molecule is Nc1nc(N2CCC3(CC2)Cc2ccccc2C3)cnc1Sc1ccnc(N)c1C1CC1. The number of benzene rings is 1. The Bertz CT molecular complexity index is 1140. The van der Waals surface area contributed by atoms with Crippen molar-refractivity contribution >= 4 is 29.2 Å². The first-order valence-electron chi connectivity index (χ1n) is 11.5. The third kappa shape index (κ3) is 3.58. The summed E-state index contributed by atoms with van der Waals surface area (Å²) in [6.07, 6.45) is 10.8. The second kappa shape index (κ2) is 7.66. The van der Waals surface area contributed by atoms with Crippen LogP contribution in [-0.2, 0) is 12.8 Å². The minimum Gasteiger partial charge on any atom is -0.383 e. The van der Waals surface area contributed by atoms with Crippen molar-refractivity contribution < 1.29 is 0 Å². The molecule has 4 N–H and O–H groups in total. The first kappa shape index (κ1) is 19.9. The maximum absolute atomic E-state index is 6.36. The Labute approximate surface area is 192 Å². The third-order valence-corrected chi connectivity index (χ3v) is 8.41. The fourth-order valence-corrected chi connectivity index (χ4v) is 6.37. The lowest BCUT2D eigenvalue weighted by atomic mass is 9.76. The van der Waals surface area contributed by atoms with E-state index in [2.05, 4.69) is 34.1 Å². The van der Waals surface area contributed by atoms with E-state index in [9.17, 15) is 0 Å². The number of anilines is 3. The fourth-order valence-electron chi connectivity index (χ4n) is 5.40. The van der Waals surface area contributed by atoms with Gasteiger partial charge in [0.1, 0.15) is 16.7 Å². The zero-order valence-corrected chi connectivity index (χ0v) is 18.9. The second-order valence-electron chi connectivity index (χ2n) is 9.51. The summed E-state index contributed by atoms with van der Waals surface area (Å²) in [5, 5.41) is 0.737. The number of nitrogens with two attached hydrogens (primary N) is 2. The Balaban J connectivity index is 1.16. The van der Waals surface area contributed by atoms with E-state index >= 15 is 0 Å². The van der Waals surface area contributed by atoms with E-state index in [0.29, 0.717) is 23.0 Å². The number of piperidine rings is 1. The van der Waals surface area contributed by atoms with Crippen LogP contribution in [0, 0.1) is 5.41 Å². The average molecular weight is 445 g/mol. The molecule has 32 heavy (non-hydrogen) atoms. The molecule has 0 unspecified atom stereocenters. The van der Waals surface area contributed by atoms with Gasteiger partial charge < -0.3 is 16.4 Å². The molecule has 6 rings (SSSR count). The number of fused-ring (bicyclic) bond motifs is 1. The lowest BCUT2D eigenvalue weighted by molar-refractivity contribution is 0.232. The highest BCUT2D eigenvalue weighted by Crippen LogP contribution is 2.48. The lowest BCUT2D eigenvalue weighted by Crippen LogP contribution is -2.41. The number of nitrogens with zero attached hydrogens (tertiary/aromatic N) is 4. The van der Waals surface area contributed by atoms with Crippen LogP contribution >= 0.6 is 11.8 Å². The molecule has 3 heterocycles. The predicted octanol–water partition coefficient (Wildman–Crippen LogP) is 4.45. The minimum absolute atomic E-state index is 0.412. The average Bonchev–Trinajstić information content (AvgIpc) is 3.56. The number of pyridine rings is 1. The van der Waals surface area contributed by atoms with Crippen LogP contribution < -0.4 is 16.4 Å². The Morgan fingerprint density at radius 2 is 1.66 bits per heavy atom. The molecule has 2 aromatic heterocycles. The first-order chi connectivity index (χ1) is 15.6. The van der Waals surface area contributed by atoms with Crippen molar-refractivity contribution in [2.45, 2.75) is 54.4 Å². The second-order valence-corrected chi connectivity index (χ2v) is 10.5. The molecule has 164 valence electrons. The highest BCUT2D eigenvalue weighted by molar-refractivity contribution is 7.99. The van der Waals surface area contributed by atoms with Gasteiger partial charge in [0.05, 0.1) is 6.20 Å². The highest BCUT2D eigenvalue weighted by Gasteiger charge is 2.40. The van der Waals surface area contributed by atoms with Gasteiger partial charge in [0, 0.05) is 29.7 Å². The van der Waals surface area contributed by atoms with E-state index in [1.54, 1.807) is 18.0 Å². The van der Waals surface area contributed by atoms with E-state index in [1.807, 2.05) is 12.3 Å². The summed E-state index contributed by atoms with van der Waals surface area (Å²) in [5.74, 6) is 2.51. The maximum Gasteiger partial charge on any atom is 0.158 e. The molecule has 3 aliphatic rings. The van der Waals surface area contributed by atoms with Gasteiger partial charge in [-0.05, 0) is 67.1 Å². The lowest BCUT2D eigenvalue weighted by Gasteiger charge is -2.40. The molecule has 0 atom stereocenters. The molecule has 2 fully saturated rings. The summed E-state index contributed by atoms with van der Waals surface area (Å²) in [5.41, 5.74) is 17.1. The number of rotatable bonds is 4. The normalized spacial score (nSPS) is 19.3. The van der Waals surface area contributed by atoms with E-state index in [4.69, 9.17) is 21.4 Å². The Morgan fingerprint density at radius 3 is 2.31 bits per heavy atom. The zero-order chi connectivity index (χ0) is 21.7. The largest absolute Gasteiger partial charge is 0.383 e. The smallest absolute Gasteiger partial charge is 0.158 e. The molecule has 1 aliphatic heterocycles. The molecule has 1 saturated carbocycles. The van der Waals surface area contributed by atoms with Gasteiger partial charge in [-0.2, -0.15) is 0 Å². The molecule has 0 radical (unpaired) electrons. The van der Waals surface area contributed by atoms with Crippen molar-refractivity contribution in [2.24, 2.45) is 5.41 Å². The van der Waals surface area contributed by atoms with Crippen LogP contribution in [0.15, 0.2) is 52.6 Å². The van der Waals surface area contributed by atoms with Crippen molar-refractivity contribution in [3.8, 4) is 0 Å². The maximum atomic E-state index is 6.36. The van der Waals surface area contributed by atoms with Crippen molar-refractivity contribution in [2.75, 3.05) is 29.5 Å². The van der Waals surface area contributed by atoms with Crippen molar-refractivity contribution in [3.63, 3.8) is 0 Å². The van der Waals surface area contributed by atoms with Gasteiger partial charge in [-0.25, -0.2) is 15.0 Å². The highest BCUT2D eigenvalue weighted by atomic mass is 32.2. The van der Waals surface area contributed by atoms with Crippen LogP contribution in [-0.4, -0.2) is 28.0 Å². The van der Waals surface area contributed by atoms with Crippen LogP contribution in [0.2, 0.25) is 0 Å². The predicted molar refractivity (Wildman–Crippen MR) is 129 cm³/mol. The van der Waals surface area contributed by atoms with Crippen molar-refractivity contribution in [3.05, 3.63) is 59.4 Å². The summed E-state index contributed by atoms with van der Waals surface area (Å²) >= 11 is 1.55. The number of hydrogen-bond donors (Lipinski definition) is 2. The molecule has 1 aromatic carbocycles. The van der Waals surface area contributed by atoms with Crippen LogP contribution in [0.3, 0.4) is 0 Å². The molecule has 3 aromatic rings. The molecule has 0 amide bonds. The Hall–Kier alpha value is -2.80. The topological polar surface area (TPSA) is 94.0 Å². The van der Waals surface area contributed by atoms with E-state index < -0.39 is 0 Å². The fraction of sp³-hybridized carbons (Fsp3) is 0.400. The molecular formula is C25H28N6S. The van der Waals surface area contributed by atoms with Gasteiger partial charge >= 0.3 is 0 Å². The molecule has 1 saturated heterocycles. The van der Waals surface area contributed by atoms with Gasteiger partial charge in [0.15, 0.2) is 5.82 Å². The van der Waals surface area contributed by atoms with Gasteiger partial charge in [-0.1, -0.05) is 36.0 Å². The molecular weight excluding hydrogens is 416 g/mol. The molecule has 1 spiro atoms. The van der Waals surface area contributed by atoms with Crippen LogP contribution in [0.1, 0.15) is 48.3 Å². The Kier molecular flexibility index (Phi) is 4.75. The molecule has 7 heteroatoms. The number of nitrogen functional groups attached to an aromatic ring is 2. The van der Waals surface area contributed by atoms with E-state index in [-0.39, 0.29) is 0 Å². The standard InChI is InChI=1S/C25H28N6S/c26-22-21(16-5-6-16)19(7-10-28-22)32-24-23(27)30-20(15-29-24)31-11-8-25(9-12-31)13-17-3-1-2-4-18(17)14-25/h1-4,7,10,15-16H,5-6,8-9,11-14H2,(H2,26,28)(H2,27,30). The summed E-state index contributed by atoms with van der Waals surface area (Å²) < 4.78 is 0.